The van der Waals surface area contributed by atoms with Crippen molar-refractivity contribution in [1.82, 2.24) is 0 Å². The second-order valence-electron chi connectivity index (χ2n) is 14.1. The van der Waals surface area contributed by atoms with Crippen LogP contribution in [-0.4, -0.2) is 49.1 Å². The number of aldehydes is 1. The van der Waals surface area contributed by atoms with Crippen LogP contribution in [0.15, 0.2) is 83.9 Å². The highest BCUT2D eigenvalue weighted by atomic mass is 35.5. The summed E-state index contributed by atoms with van der Waals surface area (Å²) in [5, 5.41) is 63.5. The lowest BCUT2D eigenvalue weighted by molar-refractivity contribution is 0.111. The van der Waals surface area contributed by atoms with Crippen molar-refractivity contribution in [1.29, 1.82) is 0 Å². The molecular formula is C46H48Cl4O11S. The summed E-state index contributed by atoms with van der Waals surface area (Å²) < 4.78 is 22.8. The van der Waals surface area contributed by atoms with E-state index in [9.17, 15) is 35.4 Å². The Hall–Kier alpha value is -5.24. The highest BCUT2D eigenvalue weighted by Gasteiger charge is 2.22. The van der Waals surface area contributed by atoms with Crippen molar-refractivity contribution in [2.24, 2.45) is 0 Å². The maximum absolute atomic E-state index is 10.8. The van der Waals surface area contributed by atoms with Gasteiger partial charge in [0.1, 0.15) is 34.5 Å². The number of carbonyl (C=O) groups is 1. The number of allylic oxidation sites excluding steroid dienone is 4. The molecule has 0 aliphatic carbocycles. The van der Waals surface area contributed by atoms with Gasteiger partial charge >= 0.3 is 0 Å². The first-order valence-electron chi connectivity index (χ1n) is 18.5. The van der Waals surface area contributed by atoms with E-state index in [1.807, 2.05) is 27.7 Å². The molecule has 0 unspecified atom stereocenters. The van der Waals surface area contributed by atoms with Crippen LogP contribution in [-0.2, 0) is 25.7 Å². The van der Waals surface area contributed by atoms with Crippen LogP contribution in [0.5, 0.6) is 69.0 Å². The molecule has 0 spiro atoms. The van der Waals surface area contributed by atoms with Gasteiger partial charge in [-0.3, -0.25) is 4.79 Å². The predicted molar refractivity (Wildman–Crippen MR) is 249 cm³/mol. The molecule has 5 aromatic carbocycles. The third kappa shape index (κ3) is 13.1. The second-order valence-corrected chi connectivity index (χ2v) is 15.8. The van der Waals surface area contributed by atoms with Gasteiger partial charge in [-0.1, -0.05) is 72.1 Å². The van der Waals surface area contributed by atoms with Crippen molar-refractivity contribution in [2.45, 2.75) is 73.0 Å². The van der Waals surface area contributed by atoms with Crippen LogP contribution < -0.4 is 18.9 Å². The fourth-order valence-electron chi connectivity index (χ4n) is 5.95. The van der Waals surface area contributed by atoms with Crippen molar-refractivity contribution in [2.75, 3.05) is 0 Å². The topological polar surface area (TPSA) is 175 Å². The molecule has 0 saturated carbocycles. The fraction of sp³-hybridized carbons (Fsp3) is 0.239. The van der Waals surface area contributed by atoms with E-state index in [-0.39, 0.29) is 137 Å². The molecule has 6 bridgehead atoms. The number of halogens is 4. The van der Waals surface area contributed by atoms with Crippen LogP contribution in [0.25, 0.3) is 0 Å². The molecule has 7 rings (SSSR count). The van der Waals surface area contributed by atoms with Gasteiger partial charge in [-0.2, -0.15) is 13.5 Å². The van der Waals surface area contributed by atoms with E-state index >= 15 is 0 Å². The predicted octanol–water partition coefficient (Wildman–Crippen LogP) is 12.9. The van der Waals surface area contributed by atoms with Gasteiger partial charge in [0.15, 0.2) is 35.0 Å². The minimum Gasteiger partial charge on any atom is -0.508 e. The molecule has 62 heavy (non-hydrogen) atoms. The van der Waals surface area contributed by atoms with E-state index in [1.54, 1.807) is 36.4 Å². The van der Waals surface area contributed by atoms with Crippen LogP contribution in [0, 0.1) is 0 Å². The third-order valence-corrected chi connectivity index (χ3v) is 9.90. The van der Waals surface area contributed by atoms with Crippen molar-refractivity contribution in [3.05, 3.63) is 127 Å². The lowest BCUT2D eigenvalue weighted by Gasteiger charge is -2.17. The Bertz CT molecular complexity index is 2430. The molecule has 2 heterocycles. The third-order valence-electron chi connectivity index (χ3n) is 8.63. The van der Waals surface area contributed by atoms with E-state index < -0.39 is 0 Å². The van der Waals surface area contributed by atoms with Gasteiger partial charge in [-0.15, -0.1) is 0 Å². The van der Waals surface area contributed by atoms with Crippen LogP contribution in [0.4, 0.5) is 0 Å². The largest absolute Gasteiger partial charge is 0.508 e. The zero-order valence-corrected chi connectivity index (χ0v) is 37.3. The number of aromatic hydroxyl groups is 6. The number of phenolic OH excluding ortho intramolecular Hbond substituents is 6. The van der Waals surface area contributed by atoms with Gasteiger partial charge in [0.2, 0.25) is 5.75 Å². The molecule has 6 N–H and O–H groups in total. The zero-order chi connectivity index (χ0) is 43.8. The van der Waals surface area contributed by atoms with Gasteiger partial charge in [0.25, 0.3) is 0 Å². The lowest BCUT2D eigenvalue weighted by Crippen LogP contribution is -2.09. The zero-order valence-electron chi connectivity index (χ0n) is 33.3. The number of fused-ring (bicyclic) bond motifs is 6. The average Bonchev–Trinajstić information content (AvgIpc) is 3.15. The maximum Gasteiger partial charge on any atom is 0.210 e. The Morgan fingerprint density at radius 1 is 0.645 bits per heavy atom. The molecule has 5 aromatic rings. The summed E-state index contributed by atoms with van der Waals surface area (Å²) in [5.74, 6) is -0.591. The summed E-state index contributed by atoms with van der Waals surface area (Å²) in [6, 6.07) is 14.5. The SMILES string of the molecule is C.CC(C)Oc1ccc(C=O)c(OC(C)C)c1.Oc1cc(O)c2c(c1)C/C=C\Cc1cc(c(Cl)cc1O)Oc1c(O)cc(cc1O)C/C(Cl)=C\Cc1c(O)cc(Cl)c(c1Cl)O2.S. The molecule has 0 aromatic heterocycles. The van der Waals surface area contributed by atoms with Crippen LogP contribution >= 0.6 is 59.9 Å². The molecule has 2 aliphatic rings. The van der Waals surface area contributed by atoms with Crippen molar-refractivity contribution in [3.8, 4) is 69.0 Å². The first-order valence-corrected chi connectivity index (χ1v) is 20.0. The van der Waals surface area contributed by atoms with Crippen molar-refractivity contribution >= 4 is 66.2 Å². The van der Waals surface area contributed by atoms with Gasteiger partial charge in [0, 0.05) is 52.4 Å². The normalized spacial score (nSPS) is 13.7. The van der Waals surface area contributed by atoms with Gasteiger partial charge in [-0.25, -0.2) is 0 Å². The van der Waals surface area contributed by atoms with E-state index in [4.69, 9.17) is 65.4 Å². The highest BCUT2D eigenvalue weighted by molar-refractivity contribution is 7.59. The molecule has 2 aliphatic heterocycles. The number of hydrogen-bond donors (Lipinski definition) is 6. The quantitative estimate of drug-likeness (QED) is 0.0730. The van der Waals surface area contributed by atoms with Crippen LogP contribution in [0.1, 0.15) is 67.7 Å². The smallest absolute Gasteiger partial charge is 0.210 e. The Morgan fingerprint density at radius 2 is 1.26 bits per heavy atom. The van der Waals surface area contributed by atoms with Crippen LogP contribution in [0.2, 0.25) is 15.1 Å². The Kier molecular flexibility index (Phi) is 18.7. The number of rotatable bonds is 5. The molecule has 332 valence electrons. The van der Waals surface area contributed by atoms with E-state index in [1.165, 1.54) is 36.4 Å². The number of phenols is 6. The molecular weight excluding hydrogens is 902 g/mol. The Labute approximate surface area is 387 Å². The summed E-state index contributed by atoms with van der Waals surface area (Å²) in [4.78, 5) is 10.8. The first kappa shape index (κ1) is 51.1. The number of hydrogen-bond acceptors (Lipinski definition) is 11. The lowest BCUT2D eigenvalue weighted by atomic mass is 10.1. The first-order chi connectivity index (χ1) is 28.4. The van der Waals surface area contributed by atoms with E-state index in [2.05, 4.69) is 0 Å². The number of carbonyl (C=O) groups excluding carboxylic acids is 1. The average molecular weight is 951 g/mol. The van der Waals surface area contributed by atoms with Crippen LogP contribution in [0.3, 0.4) is 0 Å². The molecule has 0 atom stereocenters. The van der Waals surface area contributed by atoms with Crippen molar-refractivity contribution < 1.29 is 54.4 Å². The second kappa shape index (κ2) is 22.7. The summed E-state index contributed by atoms with van der Waals surface area (Å²) in [6.07, 6.45) is 6.48. The number of ether oxygens (including phenoxy) is 4. The van der Waals surface area contributed by atoms with E-state index in [0.717, 1.165) is 18.1 Å². The molecule has 0 saturated heterocycles. The van der Waals surface area contributed by atoms with Gasteiger partial charge in [0.05, 0.1) is 32.8 Å². The molecule has 11 nitrogen and oxygen atoms in total. The standard InChI is InChI=1S/C32H24Cl4O8.C13H18O3.CH4.H2S/c33-18-5-6-20-24(39)14-22(35)31(29(20)36)44-30-17(10-19(37)12-27(30)42)4-2-1-3-16-11-28(21(34)13-23(16)38)43-32-25(40)8-15(7-18)9-26(32)41;1-9(2)15-12-6-5-11(8-14)13(7-12)16-10(3)4;;/h1-2,5,8-14,37-42H,3-4,6-7H2;5-10H,1-4H3;1H4;1H2/b2-1-,18-5+;;;. The highest BCUT2D eigenvalue weighted by Crippen LogP contribution is 2.47. The summed E-state index contributed by atoms with van der Waals surface area (Å²) in [5.41, 5.74) is 2.02. The minimum absolute atomic E-state index is 0. The number of benzene rings is 5. The fourth-order valence-corrected chi connectivity index (χ4v) is 6.98. The summed E-state index contributed by atoms with van der Waals surface area (Å²) in [7, 11) is 0. The maximum atomic E-state index is 10.8. The monoisotopic (exact) mass is 948 g/mol. The molecule has 0 amide bonds. The van der Waals surface area contributed by atoms with Gasteiger partial charge in [-0.05, 0) is 88.9 Å². The Balaban J connectivity index is 0.000000482. The van der Waals surface area contributed by atoms with Gasteiger partial charge < -0.3 is 49.6 Å². The molecule has 0 fully saturated rings. The molecule has 0 radical (unpaired) electrons. The van der Waals surface area contributed by atoms with Crippen molar-refractivity contribution in [3.63, 3.8) is 0 Å². The summed E-state index contributed by atoms with van der Waals surface area (Å²) in [6.45, 7) is 7.75. The summed E-state index contributed by atoms with van der Waals surface area (Å²) >= 11 is 25.8. The van der Waals surface area contributed by atoms with E-state index in [0.29, 0.717) is 33.0 Å². The minimum atomic E-state index is -0.373. The molecule has 16 heteroatoms. The Morgan fingerprint density at radius 3 is 1.89 bits per heavy atom.